The third kappa shape index (κ3) is 2.97. The molecular weight excluding hydrogens is 402 g/mol. The van der Waals surface area contributed by atoms with Crippen LogP contribution in [0.2, 0.25) is 0 Å². The van der Waals surface area contributed by atoms with Gasteiger partial charge in [0.2, 0.25) is 0 Å². The van der Waals surface area contributed by atoms with Crippen molar-refractivity contribution in [3.63, 3.8) is 0 Å². The maximum atomic E-state index is 5.30. The maximum Gasteiger partial charge on any atom is 0.138 e. The van der Waals surface area contributed by atoms with Crippen molar-refractivity contribution in [1.82, 2.24) is 35.1 Å². The standard InChI is InChI=1S/C24H17N7O/c1-32-16-10-15(12-26-13-16)19-2-3-20-22(28-19)23(31-30-20)21-11-18-17(6-9-27-24(18)29-21)14-4-7-25-8-5-14/h2-13H,1H3,(H,27,29)(H,30,31). The first kappa shape index (κ1) is 18.2. The summed E-state index contributed by atoms with van der Waals surface area (Å²) in [4.78, 5) is 21.1. The minimum Gasteiger partial charge on any atom is -0.495 e. The second-order valence-corrected chi connectivity index (χ2v) is 7.32. The van der Waals surface area contributed by atoms with Crippen molar-refractivity contribution in [1.29, 1.82) is 0 Å². The lowest BCUT2D eigenvalue weighted by atomic mass is 10.1. The van der Waals surface area contributed by atoms with E-state index in [0.717, 1.165) is 55.8 Å². The van der Waals surface area contributed by atoms with E-state index in [9.17, 15) is 0 Å². The van der Waals surface area contributed by atoms with Gasteiger partial charge in [-0.05, 0) is 53.6 Å². The Bertz CT molecular complexity index is 1570. The quantitative estimate of drug-likeness (QED) is 0.431. The molecule has 0 aliphatic carbocycles. The van der Waals surface area contributed by atoms with Gasteiger partial charge < -0.3 is 9.72 Å². The minimum absolute atomic E-state index is 0.683. The van der Waals surface area contributed by atoms with Crippen LogP contribution < -0.4 is 4.74 Å². The molecule has 32 heavy (non-hydrogen) atoms. The van der Waals surface area contributed by atoms with Crippen LogP contribution in [-0.4, -0.2) is 42.2 Å². The van der Waals surface area contributed by atoms with Gasteiger partial charge >= 0.3 is 0 Å². The molecule has 8 nitrogen and oxygen atoms in total. The molecular formula is C24H17N7O. The molecule has 154 valence electrons. The maximum absolute atomic E-state index is 5.30. The second kappa shape index (κ2) is 7.28. The lowest BCUT2D eigenvalue weighted by Crippen LogP contribution is -1.89. The summed E-state index contributed by atoms with van der Waals surface area (Å²) in [6.45, 7) is 0. The van der Waals surface area contributed by atoms with E-state index < -0.39 is 0 Å². The predicted molar refractivity (Wildman–Crippen MR) is 122 cm³/mol. The molecule has 0 aromatic carbocycles. The molecule has 0 aliphatic rings. The topological polar surface area (TPSA) is 105 Å². The number of nitrogens with zero attached hydrogens (tertiary/aromatic N) is 5. The molecule has 6 aromatic heterocycles. The fourth-order valence-electron chi connectivity index (χ4n) is 3.86. The summed E-state index contributed by atoms with van der Waals surface area (Å²) >= 11 is 0. The number of hydrogen-bond acceptors (Lipinski definition) is 6. The predicted octanol–water partition coefficient (Wildman–Crippen LogP) is 4.63. The van der Waals surface area contributed by atoms with Crippen LogP contribution in [0, 0.1) is 0 Å². The third-order valence-electron chi connectivity index (χ3n) is 5.43. The van der Waals surface area contributed by atoms with Gasteiger partial charge in [0.25, 0.3) is 0 Å². The first-order valence-corrected chi connectivity index (χ1v) is 10.0. The summed E-state index contributed by atoms with van der Waals surface area (Å²) < 4.78 is 5.30. The lowest BCUT2D eigenvalue weighted by Gasteiger charge is -2.04. The van der Waals surface area contributed by atoms with Crippen molar-refractivity contribution in [3.8, 4) is 39.5 Å². The highest BCUT2D eigenvalue weighted by atomic mass is 16.5. The third-order valence-corrected chi connectivity index (χ3v) is 5.43. The van der Waals surface area contributed by atoms with Crippen LogP contribution in [0.25, 0.3) is 55.8 Å². The number of hydrogen-bond donors (Lipinski definition) is 2. The van der Waals surface area contributed by atoms with Gasteiger partial charge in [0.1, 0.15) is 22.6 Å². The molecule has 0 radical (unpaired) electrons. The molecule has 0 spiro atoms. The molecule has 0 aliphatic heterocycles. The van der Waals surface area contributed by atoms with Gasteiger partial charge in [-0.15, -0.1) is 0 Å². The zero-order chi connectivity index (χ0) is 21.5. The van der Waals surface area contributed by atoms with Crippen LogP contribution in [0.3, 0.4) is 0 Å². The Labute approximate surface area is 182 Å². The van der Waals surface area contributed by atoms with Crippen molar-refractivity contribution >= 4 is 22.1 Å². The van der Waals surface area contributed by atoms with Gasteiger partial charge in [0, 0.05) is 35.7 Å². The molecule has 2 N–H and O–H groups in total. The normalized spacial score (nSPS) is 11.3. The Balaban J connectivity index is 1.50. The summed E-state index contributed by atoms with van der Waals surface area (Å²) in [5.41, 5.74) is 7.80. The average molecular weight is 419 g/mol. The Morgan fingerprint density at radius 2 is 1.78 bits per heavy atom. The number of fused-ring (bicyclic) bond motifs is 2. The lowest BCUT2D eigenvalue weighted by molar-refractivity contribution is 0.413. The molecule has 0 unspecified atom stereocenters. The zero-order valence-electron chi connectivity index (χ0n) is 17.1. The molecule has 0 saturated heterocycles. The number of aromatic amines is 2. The van der Waals surface area contributed by atoms with Crippen LogP contribution in [0.5, 0.6) is 5.75 Å². The Morgan fingerprint density at radius 1 is 0.875 bits per heavy atom. The van der Waals surface area contributed by atoms with Gasteiger partial charge in [0.05, 0.1) is 30.2 Å². The average Bonchev–Trinajstić information content (AvgIpc) is 3.48. The number of aromatic nitrogens is 7. The number of pyridine rings is 4. The zero-order valence-corrected chi connectivity index (χ0v) is 17.1. The van der Waals surface area contributed by atoms with E-state index in [2.05, 4.69) is 36.2 Å². The SMILES string of the molecule is COc1cncc(-c2ccc3[nH]nc(-c4cc5c(-c6ccncc6)ccnc5[nH]4)c3n2)c1. The highest BCUT2D eigenvalue weighted by molar-refractivity contribution is 5.98. The summed E-state index contributed by atoms with van der Waals surface area (Å²) in [7, 11) is 1.62. The fourth-order valence-corrected chi connectivity index (χ4v) is 3.86. The molecule has 0 saturated carbocycles. The summed E-state index contributed by atoms with van der Waals surface area (Å²) in [5.74, 6) is 0.683. The van der Waals surface area contributed by atoms with Gasteiger partial charge in [-0.25, -0.2) is 9.97 Å². The first-order chi connectivity index (χ1) is 15.8. The van der Waals surface area contributed by atoms with E-state index in [-0.39, 0.29) is 0 Å². The van der Waals surface area contributed by atoms with Crippen molar-refractivity contribution < 1.29 is 4.74 Å². The molecule has 6 heterocycles. The van der Waals surface area contributed by atoms with Crippen LogP contribution in [0.4, 0.5) is 0 Å². The summed E-state index contributed by atoms with van der Waals surface area (Å²) in [5, 5.41) is 8.62. The van der Waals surface area contributed by atoms with Crippen LogP contribution in [0.15, 0.2) is 73.4 Å². The Morgan fingerprint density at radius 3 is 2.66 bits per heavy atom. The van der Waals surface area contributed by atoms with Crippen LogP contribution in [0.1, 0.15) is 0 Å². The minimum atomic E-state index is 0.683. The number of ether oxygens (including phenoxy) is 1. The number of H-pyrrole nitrogens is 2. The van der Waals surface area contributed by atoms with E-state index in [0.29, 0.717) is 5.75 Å². The van der Waals surface area contributed by atoms with Crippen molar-refractivity contribution in [2.75, 3.05) is 7.11 Å². The molecule has 0 bridgehead atoms. The molecule has 8 heteroatoms. The van der Waals surface area contributed by atoms with Gasteiger partial charge in [-0.2, -0.15) is 5.10 Å². The number of rotatable bonds is 4. The molecule has 0 atom stereocenters. The fraction of sp³-hybridized carbons (Fsp3) is 0.0417. The molecule has 6 rings (SSSR count). The van der Waals surface area contributed by atoms with E-state index in [4.69, 9.17) is 9.72 Å². The van der Waals surface area contributed by atoms with E-state index in [1.165, 1.54) is 0 Å². The number of methoxy groups -OCH3 is 1. The highest BCUT2D eigenvalue weighted by Crippen LogP contribution is 2.33. The summed E-state index contributed by atoms with van der Waals surface area (Å²) in [6, 6.07) is 13.9. The van der Waals surface area contributed by atoms with Crippen LogP contribution in [-0.2, 0) is 0 Å². The molecule has 0 amide bonds. The smallest absolute Gasteiger partial charge is 0.138 e. The Hall–Kier alpha value is -4.59. The Kier molecular flexibility index (Phi) is 4.14. The molecule has 0 fully saturated rings. The van der Waals surface area contributed by atoms with E-state index in [1.54, 1.807) is 38.1 Å². The van der Waals surface area contributed by atoms with Gasteiger partial charge in [-0.3, -0.25) is 15.1 Å². The van der Waals surface area contributed by atoms with Gasteiger partial charge in [-0.1, -0.05) is 0 Å². The largest absolute Gasteiger partial charge is 0.495 e. The molecule has 6 aromatic rings. The van der Waals surface area contributed by atoms with Crippen molar-refractivity contribution in [3.05, 3.63) is 73.4 Å². The summed E-state index contributed by atoms with van der Waals surface area (Å²) in [6.07, 6.45) is 8.81. The first-order valence-electron chi connectivity index (χ1n) is 10.0. The van der Waals surface area contributed by atoms with Crippen molar-refractivity contribution in [2.45, 2.75) is 0 Å². The monoisotopic (exact) mass is 419 g/mol. The van der Waals surface area contributed by atoms with E-state index >= 15 is 0 Å². The van der Waals surface area contributed by atoms with E-state index in [1.807, 2.05) is 36.4 Å². The highest BCUT2D eigenvalue weighted by Gasteiger charge is 2.16. The second-order valence-electron chi connectivity index (χ2n) is 7.32. The van der Waals surface area contributed by atoms with Crippen LogP contribution >= 0.6 is 0 Å². The van der Waals surface area contributed by atoms with Crippen molar-refractivity contribution in [2.24, 2.45) is 0 Å². The number of nitrogens with one attached hydrogen (secondary N) is 2. The van der Waals surface area contributed by atoms with Gasteiger partial charge in [0.15, 0.2) is 0 Å².